The van der Waals surface area contributed by atoms with Gasteiger partial charge in [-0.15, -0.1) is 0 Å². The van der Waals surface area contributed by atoms with Gasteiger partial charge in [0.1, 0.15) is 6.04 Å². The molecule has 1 aliphatic heterocycles. The Morgan fingerprint density at radius 3 is 2.47 bits per heavy atom. The zero-order chi connectivity index (χ0) is 12.7. The second-order valence-electron chi connectivity index (χ2n) is 4.00. The van der Waals surface area contributed by atoms with Crippen molar-refractivity contribution in [1.82, 2.24) is 5.32 Å². The minimum absolute atomic E-state index is 0.366. The molecule has 17 heavy (non-hydrogen) atoms. The molecule has 98 valence electrons. The summed E-state index contributed by atoms with van der Waals surface area (Å²) in [4.78, 5) is 22.6. The van der Waals surface area contributed by atoms with Crippen LogP contribution < -0.4 is 5.32 Å². The molecule has 6 nitrogen and oxygen atoms in total. The summed E-state index contributed by atoms with van der Waals surface area (Å²) in [6.07, 6.45) is 1.74. The van der Waals surface area contributed by atoms with Crippen LogP contribution in [-0.4, -0.2) is 45.5 Å². The molecule has 0 aliphatic carbocycles. The molecule has 0 unspecified atom stereocenters. The summed E-state index contributed by atoms with van der Waals surface area (Å²) in [5, 5.41) is 2.49. The summed E-state index contributed by atoms with van der Waals surface area (Å²) in [6, 6.07) is -0.643. The van der Waals surface area contributed by atoms with E-state index < -0.39 is 18.1 Å². The number of hydrogen-bond acceptors (Lipinski definition) is 5. The number of nitrogens with one attached hydrogen (secondary N) is 1. The molecular weight excluding hydrogens is 226 g/mol. The van der Waals surface area contributed by atoms with Crippen molar-refractivity contribution in [2.45, 2.75) is 25.3 Å². The molecule has 1 heterocycles. The molecule has 1 fully saturated rings. The van der Waals surface area contributed by atoms with Crippen molar-refractivity contribution in [3.8, 4) is 0 Å². The summed E-state index contributed by atoms with van der Waals surface area (Å²) in [7, 11) is 2.57. The van der Waals surface area contributed by atoms with E-state index in [1.807, 2.05) is 0 Å². The van der Waals surface area contributed by atoms with Gasteiger partial charge in [-0.2, -0.15) is 0 Å². The molecule has 6 heteroatoms. The van der Waals surface area contributed by atoms with Crippen molar-refractivity contribution in [3.63, 3.8) is 0 Å². The number of carbonyl (C=O) groups is 2. The summed E-state index contributed by atoms with van der Waals surface area (Å²) < 4.78 is 14.4. The van der Waals surface area contributed by atoms with Crippen LogP contribution in [0.5, 0.6) is 0 Å². The maximum absolute atomic E-state index is 11.5. The van der Waals surface area contributed by atoms with Gasteiger partial charge in [-0.3, -0.25) is 0 Å². The average molecular weight is 245 g/mol. The number of amides is 1. The third-order valence-electron chi connectivity index (χ3n) is 2.87. The number of esters is 1. The Labute approximate surface area is 101 Å². The number of ether oxygens (including phenoxy) is 3. The minimum atomic E-state index is -0.643. The van der Waals surface area contributed by atoms with Crippen LogP contribution >= 0.6 is 0 Å². The predicted molar refractivity (Wildman–Crippen MR) is 59.5 cm³/mol. The molecule has 0 bridgehead atoms. The summed E-state index contributed by atoms with van der Waals surface area (Å²) in [5.41, 5.74) is 0. The first-order valence-corrected chi connectivity index (χ1v) is 5.67. The van der Waals surface area contributed by atoms with Crippen LogP contribution in [0.25, 0.3) is 0 Å². The summed E-state index contributed by atoms with van der Waals surface area (Å²) >= 11 is 0. The number of rotatable bonds is 4. The topological polar surface area (TPSA) is 73.9 Å². The Kier molecular flexibility index (Phi) is 5.76. The lowest BCUT2D eigenvalue weighted by Gasteiger charge is -2.25. The quantitative estimate of drug-likeness (QED) is 0.738. The smallest absolute Gasteiger partial charge is 0.407 e. The normalized spacial score (nSPS) is 18.2. The Balaban J connectivity index is 2.49. The van der Waals surface area contributed by atoms with Crippen molar-refractivity contribution < 1.29 is 23.8 Å². The van der Waals surface area contributed by atoms with Gasteiger partial charge in [0.05, 0.1) is 14.2 Å². The van der Waals surface area contributed by atoms with Crippen LogP contribution in [0.2, 0.25) is 0 Å². The molecule has 0 radical (unpaired) electrons. The van der Waals surface area contributed by atoms with E-state index in [4.69, 9.17) is 4.74 Å². The first-order chi connectivity index (χ1) is 8.17. The number of hydrogen-bond donors (Lipinski definition) is 1. The second kappa shape index (κ2) is 7.11. The van der Waals surface area contributed by atoms with E-state index >= 15 is 0 Å². The van der Waals surface area contributed by atoms with Gasteiger partial charge in [-0.05, 0) is 25.2 Å². The number of alkyl carbamates (subject to hydrolysis) is 1. The van der Waals surface area contributed by atoms with Gasteiger partial charge in [-0.1, -0.05) is 0 Å². The van der Waals surface area contributed by atoms with Crippen LogP contribution in [0.1, 0.15) is 19.3 Å². The Morgan fingerprint density at radius 2 is 1.94 bits per heavy atom. The minimum Gasteiger partial charge on any atom is -0.467 e. The maximum Gasteiger partial charge on any atom is 0.407 e. The average Bonchev–Trinajstić information content (AvgIpc) is 2.38. The number of carbonyl (C=O) groups excluding carboxylic acids is 2. The van der Waals surface area contributed by atoms with E-state index in [1.54, 1.807) is 0 Å². The fourth-order valence-electron chi connectivity index (χ4n) is 1.87. The third kappa shape index (κ3) is 4.60. The molecule has 1 saturated heterocycles. The molecule has 0 aromatic heterocycles. The molecule has 0 aromatic rings. The molecule has 1 aliphatic rings. The Morgan fingerprint density at radius 1 is 1.29 bits per heavy atom. The highest BCUT2D eigenvalue weighted by Gasteiger charge is 2.26. The van der Waals surface area contributed by atoms with Crippen molar-refractivity contribution in [3.05, 3.63) is 0 Å². The number of methoxy groups -OCH3 is 2. The summed E-state index contributed by atoms with van der Waals surface area (Å²) in [6.45, 7) is 1.41. The third-order valence-corrected chi connectivity index (χ3v) is 2.87. The summed E-state index contributed by atoms with van der Waals surface area (Å²) in [5.74, 6) is -0.0769. The lowest BCUT2D eigenvalue weighted by molar-refractivity contribution is -0.143. The fourth-order valence-corrected chi connectivity index (χ4v) is 1.87. The van der Waals surface area contributed by atoms with Crippen LogP contribution in [-0.2, 0) is 19.0 Å². The highest BCUT2D eigenvalue weighted by atomic mass is 16.5. The first-order valence-electron chi connectivity index (χ1n) is 5.67. The zero-order valence-corrected chi connectivity index (χ0v) is 10.2. The van der Waals surface area contributed by atoms with Gasteiger partial charge in [0, 0.05) is 13.2 Å². The maximum atomic E-state index is 11.5. The molecule has 1 atom stereocenters. The van der Waals surface area contributed by atoms with Gasteiger partial charge in [0.15, 0.2) is 0 Å². The SMILES string of the molecule is COC(=O)N[C@@H](CC1CCOCC1)C(=O)OC. The Hall–Kier alpha value is -1.30. The van der Waals surface area contributed by atoms with E-state index in [2.05, 4.69) is 14.8 Å². The van der Waals surface area contributed by atoms with E-state index in [0.29, 0.717) is 25.6 Å². The lowest BCUT2D eigenvalue weighted by atomic mass is 9.92. The highest BCUT2D eigenvalue weighted by Crippen LogP contribution is 2.20. The largest absolute Gasteiger partial charge is 0.467 e. The van der Waals surface area contributed by atoms with Gasteiger partial charge < -0.3 is 19.5 Å². The van der Waals surface area contributed by atoms with Crippen molar-refractivity contribution in [2.75, 3.05) is 27.4 Å². The monoisotopic (exact) mass is 245 g/mol. The second-order valence-corrected chi connectivity index (χ2v) is 4.00. The highest BCUT2D eigenvalue weighted by molar-refractivity contribution is 5.81. The zero-order valence-electron chi connectivity index (χ0n) is 10.2. The molecule has 1 rings (SSSR count). The van der Waals surface area contributed by atoms with Crippen molar-refractivity contribution in [1.29, 1.82) is 0 Å². The standard InChI is InChI=1S/C11H19NO5/c1-15-10(13)9(12-11(14)16-2)7-8-3-5-17-6-4-8/h8-9H,3-7H2,1-2H3,(H,12,14)/t9-/m0/s1. The lowest BCUT2D eigenvalue weighted by Crippen LogP contribution is -2.43. The van der Waals surface area contributed by atoms with E-state index in [-0.39, 0.29) is 0 Å². The molecular formula is C11H19NO5. The molecule has 1 N–H and O–H groups in total. The van der Waals surface area contributed by atoms with Crippen LogP contribution in [0.4, 0.5) is 4.79 Å². The van der Waals surface area contributed by atoms with Gasteiger partial charge in [0.2, 0.25) is 0 Å². The van der Waals surface area contributed by atoms with Gasteiger partial charge >= 0.3 is 12.1 Å². The fraction of sp³-hybridized carbons (Fsp3) is 0.818. The Bertz CT molecular complexity index is 263. The van der Waals surface area contributed by atoms with Crippen molar-refractivity contribution >= 4 is 12.1 Å². The van der Waals surface area contributed by atoms with Gasteiger partial charge in [0.25, 0.3) is 0 Å². The van der Waals surface area contributed by atoms with Crippen LogP contribution in [0.3, 0.4) is 0 Å². The van der Waals surface area contributed by atoms with Gasteiger partial charge in [-0.25, -0.2) is 9.59 Å². The van der Waals surface area contributed by atoms with Crippen LogP contribution in [0.15, 0.2) is 0 Å². The molecule has 0 spiro atoms. The van der Waals surface area contributed by atoms with E-state index in [9.17, 15) is 9.59 Å². The molecule has 0 aromatic carbocycles. The van der Waals surface area contributed by atoms with Crippen LogP contribution in [0, 0.1) is 5.92 Å². The van der Waals surface area contributed by atoms with E-state index in [0.717, 1.165) is 12.8 Å². The molecule has 1 amide bonds. The van der Waals surface area contributed by atoms with Crippen molar-refractivity contribution in [2.24, 2.45) is 5.92 Å². The molecule has 0 saturated carbocycles. The van der Waals surface area contributed by atoms with E-state index in [1.165, 1.54) is 14.2 Å². The predicted octanol–water partition coefficient (Wildman–Crippen LogP) is 0.701. The first kappa shape index (κ1) is 13.8.